The van der Waals surface area contributed by atoms with Gasteiger partial charge in [-0.05, 0) is 36.2 Å². The van der Waals surface area contributed by atoms with Crippen LogP contribution in [0.3, 0.4) is 0 Å². The number of carbonyl (C=O) groups excluding carboxylic acids is 1. The summed E-state index contributed by atoms with van der Waals surface area (Å²) in [7, 11) is 1.86. The molecule has 2 aliphatic rings. The largest absolute Gasteiger partial charge is 0.494 e. The Balaban J connectivity index is 1.56. The molecule has 1 aromatic heterocycles. The number of ether oxygens (including phenoxy) is 2. The van der Waals surface area contributed by atoms with Gasteiger partial charge in [-0.25, -0.2) is 18.6 Å². The number of halogens is 1. The van der Waals surface area contributed by atoms with Crippen molar-refractivity contribution in [2.75, 3.05) is 39.3 Å². The van der Waals surface area contributed by atoms with Gasteiger partial charge in [0.25, 0.3) is 5.91 Å². The van der Waals surface area contributed by atoms with Crippen LogP contribution in [-0.4, -0.2) is 59.3 Å². The maximum Gasteiger partial charge on any atom is 0.259 e. The number of hydrogen-bond acceptors (Lipinski definition) is 8. The predicted octanol–water partition coefficient (Wildman–Crippen LogP) is 3.51. The molecule has 2 aromatic carbocycles. The summed E-state index contributed by atoms with van der Waals surface area (Å²) in [6.45, 7) is 0.539. The molecule has 0 bridgehead atoms. The summed E-state index contributed by atoms with van der Waals surface area (Å²) >= 11 is 0. The highest BCUT2D eigenvalue weighted by Crippen LogP contribution is 2.41. The summed E-state index contributed by atoms with van der Waals surface area (Å²) < 4.78 is 46.1. The first-order valence-electron chi connectivity index (χ1n) is 11.4. The van der Waals surface area contributed by atoms with Crippen molar-refractivity contribution in [2.24, 2.45) is 0 Å². The normalized spacial score (nSPS) is 18.1. The molecule has 3 heterocycles. The molecule has 0 aliphatic carbocycles. The van der Waals surface area contributed by atoms with E-state index in [1.807, 2.05) is 23.1 Å². The topological polar surface area (TPSA) is 109 Å². The van der Waals surface area contributed by atoms with Gasteiger partial charge in [-0.3, -0.25) is 9.57 Å². The highest BCUT2D eigenvalue weighted by atomic mass is 32.2. The molecule has 1 amide bonds. The Bertz CT molecular complexity index is 1480. The fraction of sp³-hybridized carbons (Fsp3) is 0.320. The molecule has 0 fully saturated rings. The van der Waals surface area contributed by atoms with Gasteiger partial charge in [0, 0.05) is 43.5 Å². The third-order valence-corrected chi connectivity index (χ3v) is 7.79. The van der Waals surface area contributed by atoms with Gasteiger partial charge in [0.15, 0.2) is 24.0 Å². The molecule has 9 nitrogen and oxygen atoms in total. The van der Waals surface area contributed by atoms with E-state index < -0.39 is 15.5 Å². The van der Waals surface area contributed by atoms with E-state index in [4.69, 9.17) is 19.2 Å². The first kappa shape index (κ1) is 24.0. The number of methoxy groups -OCH3 is 1. The minimum atomic E-state index is -2.88. The highest BCUT2D eigenvalue weighted by Gasteiger charge is 2.33. The van der Waals surface area contributed by atoms with Crippen LogP contribution in [0, 0.1) is 10.6 Å². The van der Waals surface area contributed by atoms with E-state index >= 15 is 0 Å². The molecule has 1 unspecified atom stereocenters. The molecule has 3 aromatic rings. The average molecular weight is 512 g/mol. The van der Waals surface area contributed by atoms with Crippen LogP contribution in [0.4, 0.5) is 15.9 Å². The van der Waals surface area contributed by atoms with E-state index in [0.29, 0.717) is 40.8 Å². The Labute approximate surface area is 208 Å². The quantitative estimate of drug-likeness (QED) is 0.539. The Morgan fingerprint density at radius 1 is 1.19 bits per heavy atom. The van der Waals surface area contributed by atoms with Crippen molar-refractivity contribution in [1.29, 1.82) is 4.78 Å². The Kier molecular flexibility index (Phi) is 6.03. The van der Waals surface area contributed by atoms with Crippen molar-refractivity contribution in [3.8, 4) is 22.9 Å². The molecule has 2 aliphatic heterocycles. The van der Waals surface area contributed by atoms with Crippen LogP contribution in [0.15, 0.2) is 36.4 Å². The third-order valence-electron chi connectivity index (χ3n) is 6.30. The lowest BCUT2D eigenvalue weighted by Crippen LogP contribution is -2.27. The van der Waals surface area contributed by atoms with Crippen LogP contribution in [0.1, 0.15) is 16.8 Å². The van der Waals surface area contributed by atoms with Crippen molar-refractivity contribution < 1.29 is 22.9 Å². The monoisotopic (exact) mass is 511 g/mol. The summed E-state index contributed by atoms with van der Waals surface area (Å²) in [5.41, 5.74) is 3.62. The van der Waals surface area contributed by atoms with Crippen molar-refractivity contribution >= 4 is 27.1 Å². The highest BCUT2D eigenvalue weighted by molar-refractivity contribution is 7.91. The lowest BCUT2D eigenvalue weighted by Gasteiger charge is -2.22. The van der Waals surface area contributed by atoms with Crippen LogP contribution in [0.25, 0.3) is 11.4 Å². The number of hydrogen-bond donors (Lipinski definition) is 1. The van der Waals surface area contributed by atoms with Gasteiger partial charge >= 0.3 is 0 Å². The number of aromatic nitrogens is 2. The summed E-state index contributed by atoms with van der Waals surface area (Å²) in [6.07, 6.45) is 0.758. The van der Waals surface area contributed by atoms with Crippen molar-refractivity contribution in [3.05, 3.63) is 59.0 Å². The molecular weight excluding hydrogens is 485 g/mol. The van der Waals surface area contributed by atoms with Crippen LogP contribution < -0.4 is 14.4 Å². The molecular formula is C25H26FN5O4S. The minimum absolute atomic E-state index is 0.0278. The van der Waals surface area contributed by atoms with Crippen LogP contribution in [0.2, 0.25) is 0 Å². The molecule has 36 heavy (non-hydrogen) atoms. The van der Waals surface area contributed by atoms with Crippen molar-refractivity contribution in [1.82, 2.24) is 14.9 Å². The van der Waals surface area contributed by atoms with E-state index in [2.05, 4.69) is 4.98 Å². The molecule has 1 atom stereocenters. The minimum Gasteiger partial charge on any atom is -0.494 e. The average Bonchev–Trinajstić information content (AvgIpc) is 3.40. The Hall–Kier alpha value is -3.73. The molecule has 5 rings (SSSR count). The van der Waals surface area contributed by atoms with Gasteiger partial charge in [0.2, 0.25) is 0 Å². The van der Waals surface area contributed by atoms with Gasteiger partial charge in [-0.1, -0.05) is 6.07 Å². The van der Waals surface area contributed by atoms with E-state index in [-0.39, 0.29) is 29.8 Å². The van der Waals surface area contributed by atoms with Crippen LogP contribution in [0.5, 0.6) is 11.5 Å². The zero-order valence-electron chi connectivity index (χ0n) is 20.2. The number of anilines is 2. The number of fused-ring (bicyclic) bond motifs is 2. The molecule has 0 spiro atoms. The molecule has 1 N–H and O–H groups in total. The van der Waals surface area contributed by atoms with Crippen molar-refractivity contribution in [2.45, 2.75) is 17.9 Å². The fourth-order valence-electron chi connectivity index (χ4n) is 4.39. The summed E-state index contributed by atoms with van der Waals surface area (Å²) in [4.78, 5) is 24.8. The maximum atomic E-state index is 14.4. The number of carbonyl (C=O) groups is 1. The lowest BCUT2D eigenvalue weighted by atomic mass is 10.1. The van der Waals surface area contributed by atoms with E-state index in [0.717, 1.165) is 17.7 Å². The van der Waals surface area contributed by atoms with Gasteiger partial charge in [-0.15, -0.1) is 0 Å². The summed E-state index contributed by atoms with van der Waals surface area (Å²) in [5, 5.41) is 0. The number of nitrogens with zero attached hydrogens (tertiary/aromatic N) is 4. The van der Waals surface area contributed by atoms with Gasteiger partial charge in [0.1, 0.15) is 11.6 Å². The zero-order chi connectivity index (χ0) is 25.6. The van der Waals surface area contributed by atoms with Gasteiger partial charge in [-0.2, -0.15) is 0 Å². The van der Waals surface area contributed by atoms with E-state index in [9.17, 15) is 13.4 Å². The molecule has 0 saturated heterocycles. The first-order valence-corrected chi connectivity index (χ1v) is 13.3. The standard InChI is InChI=1S/C25H26FN5O4S/c1-30(2)23(32)12-35-17-6-4-15-8-9-31(21(15)11-17)25-18-13-36(27,33)14-20(18)28-24(29-25)16-5-7-22(34-3)19(26)10-16/h4-7,10-11,27H,8-9,12-14H2,1-3H3. The second-order valence-corrected chi connectivity index (χ2v) is 11.2. The molecule has 188 valence electrons. The van der Waals surface area contributed by atoms with Crippen LogP contribution in [-0.2, 0) is 32.5 Å². The zero-order valence-corrected chi connectivity index (χ0v) is 21.0. The summed E-state index contributed by atoms with van der Waals surface area (Å²) in [6, 6.07) is 10.1. The Morgan fingerprint density at radius 2 is 2.00 bits per heavy atom. The number of nitrogens with one attached hydrogen (secondary N) is 1. The number of likely N-dealkylation sites (N-methyl/N-ethyl adjacent to an activating group) is 1. The number of amides is 1. The predicted molar refractivity (Wildman–Crippen MR) is 134 cm³/mol. The van der Waals surface area contributed by atoms with Gasteiger partial charge in [0.05, 0.1) is 34.0 Å². The van der Waals surface area contributed by atoms with Crippen LogP contribution >= 0.6 is 0 Å². The van der Waals surface area contributed by atoms with E-state index in [1.165, 1.54) is 24.1 Å². The molecule has 0 radical (unpaired) electrons. The number of rotatable bonds is 6. The molecule has 11 heteroatoms. The number of benzene rings is 2. The second-order valence-electron chi connectivity index (χ2n) is 9.01. The second kappa shape index (κ2) is 9.05. The van der Waals surface area contributed by atoms with E-state index in [1.54, 1.807) is 20.2 Å². The fourth-order valence-corrected chi connectivity index (χ4v) is 5.93. The smallest absolute Gasteiger partial charge is 0.259 e. The SMILES string of the molecule is COc1ccc(-c2nc3c(c(N4CCc5ccc(OCC(=O)N(C)C)cc54)n2)CS(=N)(=O)C3)cc1F. The van der Waals surface area contributed by atoms with Crippen molar-refractivity contribution in [3.63, 3.8) is 0 Å². The lowest BCUT2D eigenvalue weighted by molar-refractivity contribution is -0.130. The molecule has 0 saturated carbocycles. The first-order chi connectivity index (χ1) is 17.1. The maximum absolute atomic E-state index is 14.4. The third kappa shape index (κ3) is 4.46. The summed E-state index contributed by atoms with van der Waals surface area (Å²) in [5.74, 6) is 0.914. The van der Waals surface area contributed by atoms with Gasteiger partial charge < -0.3 is 19.3 Å². The Morgan fingerprint density at radius 3 is 2.72 bits per heavy atom.